The molecule has 0 bridgehead atoms. The van der Waals surface area contributed by atoms with E-state index in [1.54, 1.807) is 0 Å². The highest BCUT2D eigenvalue weighted by Crippen LogP contribution is 2.33. The van der Waals surface area contributed by atoms with E-state index >= 15 is 0 Å². The van der Waals surface area contributed by atoms with E-state index in [1.165, 1.54) is 0 Å². The van der Waals surface area contributed by atoms with Crippen LogP contribution in [0.3, 0.4) is 0 Å². The maximum Gasteiger partial charge on any atom is 0.139 e. The molecule has 5 heteroatoms. The lowest BCUT2D eigenvalue weighted by Crippen LogP contribution is -2.24. The number of ether oxygens (including phenoxy) is 1. The molecule has 1 fully saturated rings. The highest BCUT2D eigenvalue weighted by atomic mass is 79.9. The van der Waals surface area contributed by atoms with Crippen LogP contribution in [-0.2, 0) is 4.74 Å². The Balaban J connectivity index is 2.27. The van der Waals surface area contributed by atoms with Crippen LogP contribution in [0, 0.1) is 6.92 Å². The molecule has 1 aromatic rings. The topological polar surface area (TPSA) is 49.7 Å². The summed E-state index contributed by atoms with van der Waals surface area (Å²) < 4.78 is 6.75. The van der Waals surface area contributed by atoms with Crippen LogP contribution in [-0.4, -0.2) is 36.9 Å². The minimum Gasteiger partial charge on any atom is -0.394 e. The Morgan fingerprint density at radius 3 is 2.82 bits per heavy atom. The summed E-state index contributed by atoms with van der Waals surface area (Å²) in [6.45, 7) is 1.90. The smallest absolute Gasteiger partial charge is 0.139 e. The Hall–Kier alpha value is -0.355. The Morgan fingerprint density at radius 1 is 1.53 bits per heavy atom. The number of hydrogen-bond acceptors (Lipinski definition) is 3. The lowest BCUT2D eigenvalue weighted by molar-refractivity contribution is -0.0223. The largest absolute Gasteiger partial charge is 0.394 e. The first-order chi connectivity index (χ1) is 8.02. The molecule has 3 nitrogen and oxygen atoms in total. The molecule has 1 aliphatic rings. The van der Waals surface area contributed by atoms with Gasteiger partial charge in [0, 0.05) is 10.9 Å². The standard InChI is InChI=1S/C12H16BBrO3/c1-6-2-7(8(13)3-9(6)14)11-4-10(16)12(5-15)17-11/h2-3,10-12,15-16H,4-5,13H2,1H3/t10-,11-,12-/m1/s1. The quantitative estimate of drug-likeness (QED) is 0.767. The number of aliphatic hydroxyl groups excluding tert-OH is 2. The van der Waals surface area contributed by atoms with E-state index in [2.05, 4.69) is 28.1 Å². The molecule has 92 valence electrons. The van der Waals surface area contributed by atoms with E-state index in [-0.39, 0.29) is 12.7 Å². The normalized spacial score (nSPS) is 28.6. The first kappa shape index (κ1) is 13.1. The number of aryl methyl sites for hydroxylation is 1. The van der Waals surface area contributed by atoms with Crippen molar-refractivity contribution in [3.8, 4) is 0 Å². The van der Waals surface area contributed by atoms with Crippen LogP contribution in [0.2, 0.25) is 0 Å². The molecule has 0 unspecified atom stereocenters. The number of benzene rings is 1. The minimum absolute atomic E-state index is 0.117. The van der Waals surface area contributed by atoms with E-state index in [1.807, 2.05) is 14.8 Å². The summed E-state index contributed by atoms with van der Waals surface area (Å²) in [5.74, 6) is 0. The first-order valence-electron chi connectivity index (χ1n) is 5.74. The summed E-state index contributed by atoms with van der Waals surface area (Å²) >= 11 is 3.50. The van der Waals surface area contributed by atoms with E-state index in [0.717, 1.165) is 21.1 Å². The van der Waals surface area contributed by atoms with E-state index in [4.69, 9.17) is 9.84 Å². The maximum atomic E-state index is 9.74. The third kappa shape index (κ3) is 2.57. The van der Waals surface area contributed by atoms with Gasteiger partial charge in [-0.25, -0.2) is 0 Å². The minimum atomic E-state index is -0.576. The lowest BCUT2D eigenvalue weighted by Gasteiger charge is -2.16. The Kier molecular flexibility index (Phi) is 3.93. The van der Waals surface area contributed by atoms with Crippen molar-refractivity contribution in [3.63, 3.8) is 0 Å². The molecule has 1 saturated heterocycles. The summed E-state index contributed by atoms with van der Waals surface area (Å²) in [4.78, 5) is 0. The van der Waals surface area contributed by atoms with Crippen molar-refractivity contribution in [2.24, 2.45) is 0 Å². The fraction of sp³-hybridized carbons (Fsp3) is 0.500. The Bertz CT molecular complexity index is 424. The van der Waals surface area contributed by atoms with E-state index < -0.39 is 12.2 Å². The molecule has 0 amide bonds. The van der Waals surface area contributed by atoms with Crippen molar-refractivity contribution in [2.75, 3.05) is 6.61 Å². The van der Waals surface area contributed by atoms with Gasteiger partial charge in [-0.1, -0.05) is 33.5 Å². The molecule has 2 rings (SSSR count). The van der Waals surface area contributed by atoms with Crippen LogP contribution in [0.25, 0.3) is 0 Å². The van der Waals surface area contributed by atoms with Gasteiger partial charge in [0.25, 0.3) is 0 Å². The second-order valence-corrected chi connectivity index (χ2v) is 5.46. The molecule has 2 N–H and O–H groups in total. The fourth-order valence-electron chi connectivity index (χ4n) is 2.24. The van der Waals surface area contributed by atoms with E-state index in [9.17, 15) is 5.11 Å². The van der Waals surface area contributed by atoms with Crippen LogP contribution in [0.5, 0.6) is 0 Å². The summed E-state index contributed by atoms with van der Waals surface area (Å²) in [6.07, 6.45) is -0.599. The molecule has 0 spiro atoms. The van der Waals surface area contributed by atoms with Crippen LogP contribution >= 0.6 is 15.9 Å². The van der Waals surface area contributed by atoms with Crippen LogP contribution in [0.15, 0.2) is 16.6 Å². The van der Waals surface area contributed by atoms with Gasteiger partial charge < -0.3 is 14.9 Å². The zero-order chi connectivity index (χ0) is 12.6. The predicted molar refractivity (Wildman–Crippen MR) is 72.4 cm³/mol. The predicted octanol–water partition coefficient (Wildman–Crippen LogP) is 0.199. The number of hydrogen-bond donors (Lipinski definition) is 2. The first-order valence-corrected chi connectivity index (χ1v) is 6.53. The Labute approximate surface area is 110 Å². The molecular formula is C12H16BBrO3. The number of halogens is 1. The van der Waals surface area contributed by atoms with Gasteiger partial charge in [-0.15, -0.1) is 0 Å². The van der Waals surface area contributed by atoms with Gasteiger partial charge in [0.05, 0.1) is 18.8 Å². The van der Waals surface area contributed by atoms with Crippen molar-refractivity contribution < 1.29 is 14.9 Å². The van der Waals surface area contributed by atoms with Gasteiger partial charge >= 0.3 is 0 Å². The molecule has 1 aliphatic heterocycles. The van der Waals surface area contributed by atoms with Gasteiger partial charge in [0.2, 0.25) is 0 Å². The zero-order valence-corrected chi connectivity index (χ0v) is 11.6. The molecule has 1 heterocycles. The molecule has 3 atom stereocenters. The second-order valence-electron chi connectivity index (χ2n) is 4.61. The third-order valence-electron chi connectivity index (χ3n) is 3.30. The second kappa shape index (κ2) is 5.10. The summed E-state index contributed by atoms with van der Waals surface area (Å²) in [6, 6.07) is 4.14. The van der Waals surface area contributed by atoms with Crippen molar-refractivity contribution in [3.05, 3.63) is 27.7 Å². The molecule has 0 aromatic heterocycles. The SMILES string of the molecule is Bc1cc(Br)c(C)cc1[C@H]1C[C@@H](O)[C@@H](CO)O1. The van der Waals surface area contributed by atoms with Gasteiger partial charge in [0.1, 0.15) is 14.0 Å². The summed E-state index contributed by atoms with van der Waals surface area (Å²) in [5.41, 5.74) is 3.38. The summed E-state index contributed by atoms with van der Waals surface area (Å²) in [7, 11) is 2.03. The van der Waals surface area contributed by atoms with Gasteiger partial charge in [-0.05, 0) is 18.1 Å². The average Bonchev–Trinajstić information content (AvgIpc) is 2.65. The van der Waals surface area contributed by atoms with Crippen molar-refractivity contribution in [1.29, 1.82) is 0 Å². The van der Waals surface area contributed by atoms with Gasteiger partial charge in [-0.3, -0.25) is 0 Å². The number of rotatable bonds is 2. The molecule has 0 aliphatic carbocycles. The van der Waals surface area contributed by atoms with Crippen LogP contribution in [0.1, 0.15) is 23.7 Å². The van der Waals surface area contributed by atoms with Gasteiger partial charge in [0.15, 0.2) is 0 Å². The highest BCUT2D eigenvalue weighted by Gasteiger charge is 2.34. The van der Waals surface area contributed by atoms with Crippen molar-refractivity contribution in [2.45, 2.75) is 31.7 Å². The average molecular weight is 299 g/mol. The number of aliphatic hydroxyl groups is 2. The molecule has 0 saturated carbocycles. The lowest BCUT2D eigenvalue weighted by atomic mass is 9.86. The van der Waals surface area contributed by atoms with Crippen molar-refractivity contribution in [1.82, 2.24) is 0 Å². The van der Waals surface area contributed by atoms with Crippen LogP contribution in [0.4, 0.5) is 0 Å². The molecule has 17 heavy (non-hydrogen) atoms. The van der Waals surface area contributed by atoms with E-state index in [0.29, 0.717) is 6.42 Å². The third-order valence-corrected chi connectivity index (χ3v) is 4.15. The Morgan fingerprint density at radius 2 is 2.24 bits per heavy atom. The molecular weight excluding hydrogens is 283 g/mol. The van der Waals surface area contributed by atoms with Crippen molar-refractivity contribution >= 4 is 29.2 Å². The molecule has 0 radical (unpaired) electrons. The highest BCUT2D eigenvalue weighted by molar-refractivity contribution is 9.10. The van der Waals surface area contributed by atoms with Gasteiger partial charge in [-0.2, -0.15) is 0 Å². The summed E-state index contributed by atoms with van der Waals surface area (Å²) in [5, 5.41) is 18.8. The molecule has 1 aromatic carbocycles. The van der Waals surface area contributed by atoms with Crippen LogP contribution < -0.4 is 5.46 Å². The monoisotopic (exact) mass is 298 g/mol. The fourth-order valence-corrected chi connectivity index (χ4v) is 2.70. The zero-order valence-electron chi connectivity index (χ0n) is 9.98. The maximum absolute atomic E-state index is 9.74.